The highest BCUT2D eigenvalue weighted by Gasteiger charge is 2.28. The van der Waals surface area contributed by atoms with Gasteiger partial charge in [0.1, 0.15) is 11.9 Å². The number of sulfonamides is 1. The third kappa shape index (κ3) is 6.38. The molecule has 1 saturated heterocycles. The molecule has 8 nitrogen and oxygen atoms in total. The summed E-state index contributed by atoms with van der Waals surface area (Å²) in [6, 6.07) is 16.8. The van der Waals surface area contributed by atoms with Gasteiger partial charge in [0.15, 0.2) is 5.96 Å². The van der Waals surface area contributed by atoms with Gasteiger partial charge in [0.05, 0.1) is 4.90 Å². The molecule has 4 rings (SSSR count). The Kier molecular flexibility index (Phi) is 7.85. The van der Waals surface area contributed by atoms with E-state index in [0.29, 0.717) is 25.2 Å². The number of nitrogens with one attached hydrogen (secondary N) is 3. The predicted octanol–water partition coefficient (Wildman–Crippen LogP) is 2.59. The molecule has 190 valence electrons. The SMILES string of the molecule is N=C(N)N1CCCC(CNC(=O)[C@@H](Cc2ccc(F)cc2)NS(=O)(=O)c2ccc3ccccc3c2)C1. The van der Waals surface area contributed by atoms with Gasteiger partial charge in [-0.25, -0.2) is 12.8 Å². The van der Waals surface area contributed by atoms with Gasteiger partial charge in [-0.3, -0.25) is 10.2 Å². The highest BCUT2D eigenvalue weighted by molar-refractivity contribution is 7.89. The summed E-state index contributed by atoms with van der Waals surface area (Å²) in [6.45, 7) is 1.60. The number of hydrogen-bond acceptors (Lipinski definition) is 4. The van der Waals surface area contributed by atoms with Gasteiger partial charge in [-0.05, 0) is 65.8 Å². The molecule has 1 amide bonds. The number of piperidine rings is 1. The van der Waals surface area contributed by atoms with Crippen molar-refractivity contribution in [2.45, 2.75) is 30.2 Å². The summed E-state index contributed by atoms with van der Waals surface area (Å²) in [4.78, 5) is 15.0. The van der Waals surface area contributed by atoms with Crippen LogP contribution in [0.3, 0.4) is 0 Å². The minimum atomic E-state index is -4.03. The van der Waals surface area contributed by atoms with E-state index in [1.54, 1.807) is 17.0 Å². The highest BCUT2D eigenvalue weighted by atomic mass is 32.2. The number of hydrogen-bond donors (Lipinski definition) is 4. The Morgan fingerprint density at radius 2 is 1.83 bits per heavy atom. The van der Waals surface area contributed by atoms with Crippen LogP contribution in [0.4, 0.5) is 4.39 Å². The number of likely N-dealkylation sites (tertiary alicyclic amines) is 1. The fourth-order valence-electron chi connectivity index (χ4n) is 4.45. The molecule has 5 N–H and O–H groups in total. The second kappa shape index (κ2) is 11.0. The van der Waals surface area contributed by atoms with E-state index in [0.717, 1.165) is 23.6 Å². The number of halogens is 1. The standard InChI is InChI=1S/C26H30FN5O3S/c27-22-10-7-18(8-11-22)14-24(25(33)30-16-19-4-3-13-32(17-19)26(28)29)31-36(34,35)23-12-9-20-5-1-2-6-21(20)15-23/h1-2,5-12,15,19,24,31H,3-4,13-14,16-17H2,(H3,28,29)(H,30,33)/t19?,24-/m1/s1. The first kappa shape index (κ1) is 25.6. The van der Waals surface area contributed by atoms with Crippen LogP contribution in [0.5, 0.6) is 0 Å². The monoisotopic (exact) mass is 511 g/mol. The Balaban J connectivity index is 1.51. The van der Waals surface area contributed by atoms with E-state index in [-0.39, 0.29) is 23.2 Å². The second-order valence-corrected chi connectivity index (χ2v) is 10.8. The molecule has 1 fully saturated rings. The highest BCUT2D eigenvalue weighted by Crippen LogP contribution is 2.20. The van der Waals surface area contributed by atoms with E-state index in [4.69, 9.17) is 11.1 Å². The van der Waals surface area contributed by atoms with E-state index in [9.17, 15) is 17.6 Å². The van der Waals surface area contributed by atoms with Crippen molar-refractivity contribution in [3.05, 3.63) is 78.1 Å². The Morgan fingerprint density at radius 3 is 2.56 bits per heavy atom. The summed E-state index contributed by atoms with van der Waals surface area (Å²) < 4.78 is 42.5. The van der Waals surface area contributed by atoms with Gasteiger partial charge >= 0.3 is 0 Å². The summed E-state index contributed by atoms with van der Waals surface area (Å²) in [5.74, 6) is -0.786. The lowest BCUT2D eigenvalue weighted by Crippen LogP contribution is -2.51. The first-order valence-corrected chi connectivity index (χ1v) is 13.3. The maximum absolute atomic E-state index is 13.4. The number of amides is 1. The molecule has 0 aliphatic carbocycles. The van der Waals surface area contributed by atoms with E-state index in [1.165, 1.54) is 30.3 Å². The minimum absolute atomic E-state index is 0.00311. The fourth-order valence-corrected chi connectivity index (χ4v) is 5.68. The van der Waals surface area contributed by atoms with Crippen molar-refractivity contribution >= 4 is 32.7 Å². The molecular weight excluding hydrogens is 481 g/mol. The van der Waals surface area contributed by atoms with Gasteiger partial charge in [0.2, 0.25) is 15.9 Å². The number of fused-ring (bicyclic) bond motifs is 1. The Hall–Kier alpha value is -3.50. The molecule has 0 bridgehead atoms. The minimum Gasteiger partial charge on any atom is -0.370 e. The first-order chi connectivity index (χ1) is 17.2. The average molecular weight is 512 g/mol. The van der Waals surface area contributed by atoms with Gasteiger partial charge in [0.25, 0.3) is 0 Å². The van der Waals surface area contributed by atoms with Crippen molar-refractivity contribution in [2.24, 2.45) is 11.7 Å². The number of nitrogens with zero attached hydrogens (tertiary/aromatic N) is 1. The van der Waals surface area contributed by atoms with Crippen molar-refractivity contribution < 1.29 is 17.6 Å². The molecule has 3 aromatic rings. The summed E-state index contributed by atoms with van der Waals surface area (Å²) in [5, 5.41) is 12.2. The average Bonchev–Trinajstić information content (AvgIpc) is 2.88. The summed E-state index contributed by atoms with van der Waals surface area (Å²) >= 11 is 0. The zero-order chi connectivity index (χ0) is 25.7. The van der Waals surface area contributed by atoms with E-state index < -0.39 is 27.8 Å². The molecular formula is C26H30FN5O3S. The number of benzene rings is 3. The molecule has 1 heterocycles. The molecule has 0 saturated carbocycles. The van der Waals surface area contributed by atoms with Crippen LogP contribution in [0.25, 0.3) is 10.8 Å². The molecule has 1 aliphatic rings. The van der Waals surface area contributed by atoms with E-state index in [1.807, 2.05) is 24.3 Å². The van der Waals surface area contributed by atoms with Crippen LogP contribution < -0.4 is 15.8 Å². The molecule has 10 heteroatoms. The van der Waals surface area contributed by atoms with Crippen molar-refractivity contribution in [1.29, 1.82) is 5.41 Å². The van der Waals surface area contributed by atoms with Crippen LogP contribution in [0.1, 0.15) is 18.4 Å². The molecule has 2 atom stereocenters. The number of guanidine groups is 1. The van der Waals surface area contributed by atoms with Crippen LogP contribution >= 0.6 is 0 Å². The van der Waals surface area contributed by atoms with Crippen molar-refractivity contribution in [3.8, 4) is 0 Å². The van der Waals surface area contributed by atoms with Gasteiger partial charge in [-0.15, -0.1) is 0 Å². The smallest absolute Gasteiger partial charge is 0.241 e. The van der Waals surface area contributed by atoms with Crippen LogP contribution in [0.2, 0.25) is 0 Å². The Labute approximate surface area is 210 Å². The molecule has 0 radical (unpaired) electrons. The number of rotatable bonds is 8. The maximum Gasteiger partial charge on any atom is 0.241 e. The topological polar surface area (TPSA) is 128 Å². The fraction of sp³-hybridized carbons (Fsp3) is 0.308. The third-order valence-electron chi connectivity index (χ3n) is 6.42. The quantitative estimate of drug-likeness (QED) is 0.273. The summed E-state index contributed by atoms with van der Waals surface area (Å²) in [5.41, 5.74) is 6.23. The second-order valence-electron chi connectivity index (χ2n) is 9.10. The van der Waals surface area contributed by atoms with Crippen LogP contribution in [0, 0.1) is 17.1 Å². The normalized spacial score (nSPS) is 17.0. The summed E-state index contributed by atoms with van der Waals surface area (Å²) in [6.07, 6.45) is 1.78. The summed E-state index contributed by atoms with van der Waals surface area (Å²) in [7, 11) is -4.03. The molecule has 3 aromatic carbocycles. The molecule has 36 heavy (non-hydrogen) atoms. The number of carbonyl (C=O) groups is 1. The molecule has 1 aliphatic heterocycles. The van der Waals surface area contributed by atoms with Gasteiger partial charge < -0.3 is 16.0 Å². The number of nitrogens with two attached hydrogens (primary N) is 1. The van der Waals surface area contributed by atoms with Gasteiger partial charge in [-0.2, -0.15) is 4.72 Å². The largest absolute Gasteiger partial charge is 0.370 e. The Bertz CT molecular complexity index is 1350. The molecule has 1 unspecified atom stereocenters. The number of carbonyl (C=O) groups excluding carboxylic acids is 1. The Morgan fingerprint density at radius 1 is 1.11 bits per heavy atom. The lowest BCUT2D eigenvalue weighted by Gasteiger charge is -2.33. The van der Waals surface area contributed by atoms with Crippen LogP contribution in [0.15, 0.2) is 71.6 Å². The van der Waals surface area contributed by atoms with Crippen molar-refractivity contribution in [3.63, 3.8) is 0 Å². The van der Waals surface area contributed by atoms with E-state index >= 15 is 0 Å². The van der Waals surface area contributed by atoms with Gasteiger partial charge in [-0.1, -0.05) is 42.5 Å². The maximum atomic E-state index is 13.4. The third-order valence-corrected chi connectivity index (χ3v) is 7.89. The van der Waals surface area contributed by atoms with Crippen LogP contribution in [-0.2, 0) is 21.2 Å². The van der Waals surface area contributed by atoms with Crippen LogP contribution in [-0.4, -0.2) is 50.9 Å². The zero-order valence-electron chi connectivity index (χ0n) is 19.8. The molecule has 0 aromatic heterocycles. The predicted molar refractivity (Wildman–Crippen MR) is 137 cm³/mol. The first-order valence-electron chi connectivity index (χ1n) is 11.8. The van der Waals surface area contributed by atoms with Crippen molar-refractivity contribution in [1.82, 2.24) is 14.9 Å². The lowest BCUT2D eigenvalue weighted by atomic mass is 9.98. The van der Waals surface area contributed by atoms with E-state index in [2.05, 4.69) is 10.0 Å². The van der Waals surface area contributed by atoms with Crippen molar-refractivity contribution in [2.75, 3.05) is 19.6 Å². The van der Waals surface area contributed by atoms with Gasteiger partial charge in [0, 0.05) is 19.6 Å². The lowest BCUT2D eigenvalue weighted by molar-refractivity contribution is -0.122. The zero-order valence-corrected chi connectivity index (χ0v) is 20.6. The molecule has 0 spiro atoms.